The molecule has 0 bridgehead atoms. The van der Waals surface area contributed by atoms with E-state index in [9.17, 15) is 9.59 Å². The van der Waals surface area contributed by atoms with Crippen LogP contribution in [-0.2, 0) is 9.59 Å². The summed E-state index contributed by atoms with van der Waals surface area (Å²) in [5.74, 6) is -0.962. The fraction of sp³-hybridized carbons (Fsp3) is 0.818. The Bertz CT molecular complexity index is 263. The average molecular weight is 213 g/mol. The van der Waals surface area contributed by atoms with Gasteiger partial charge in [-0.05, 0) is 18.3 Å². The van der Waals surface area contributed by atoms with Gasteiger partial charge in [-0.2, -0.15) is 0 Å². The van der Waals surface area contributed by atoms with E-state index in [1.165, 1.54) is 4.90 Å². The van der Waals surface area contributed by atoms with Gasteiger partial charge >= 0.3 is 5.97 Å². The van der Waals surface area contributed by atoms with Gasteiger partial charge in [0, 0.05) is 12.5 Å². The summed E-state index contributed by atoms with van der Waals surface area (Å²) in [7, 11) is 0. The Hall–Kier alpha value is -1.06. The lowest BCUT2D eigenvalue weighted by molar-refractivity contribution is -0.145. The predicted molar refractivity (Wildman–Crippen MR) is 56.4 cm³/mol. The Morgan fingerprint density at radius 3 is 2.20 bits per heavy atom. The number of carbonyl (C=O) groups excluding carboxylic acids is 1. The minimum Gasteiger partial charge on any atom is -0.480 e. The topological polar surface area (TPSA) is 57.6 Å². The molecule has 1 saturated carbocycles. The summed E-state index contributed by atoms with van der Waals surface area (Å²) in [6, 6.07) is 0.177. The number of carboxylic acids is 1. The molecule has 1 amide bonds. The molecule has 1 aliphatic rings. The summed E-state index contributed by atoms with van der Waals surface area (Å²) in [6.45, 7) is 5.80. The van der Waals surface area contributed by atoms with Crippen LogP contribution in [-0.4, -0.2) is 34.5 Å². The molecule has 0 aromatic carbocycles. The van der Waals surface area contributed by atoms with Crippen molar-refractivity contribution in [2.75, 3.05) is 6.54 Å². The largest absolute Gasteiger partial charge is 0.480 e. The number of rotatable bonds is 4. The molecule has 0 unspecified atom stereocenters. The van der Waals surface area contributed by atoms with Gasteiger partial charge in [-0.15, -0.1) is 0 Å². The molecule has 0 aliphatic heterocycles. The summed E-state index contributed by atoms with van der Waals surface area (Å²) < 4.78 is 0. The monoisotopic (exact) mass is 213 g/mol. The van der Waals surface area contributed by atoms with Crippen LogP contribution in [0, 0.1) is 5.41 Å². The van der Waals surface area contributed by atoms with Gasteiger partial charge in [-0.1, -0.05) is 20.8 Å². The van der Waals surface area contributed by atoms with E-state index in [1.807, 2.05) is 20.8 Å². The molecule has 0 atom stereocenters. The van der Waals surface area contributed by atoms with E-state index in [0.717, 1.165) is 12.8 Å². The first-order valence-corrected chi connectivity index (χ1v) is 5.31. The van der Waals surface area contributed by atoms with Crippen LogP contribution in [0.2, 0.25) is 0 Å². The number of aliphatic carboxylic acids is 1. The molecule has 1 aliphatic carbocycles. The second-order valence-electron chi connectivity index (χ2n) is 5.38. The first-order valence-electron chi connectivity index (χ1n) is 5.31. The van der Waals surface area contributed by atoms with Gasteiger partial charge in [-0.3, -0.25) is 9.59 Å². The Kier molecular flexibility index (Phi) is 3.37. The smallest absolute Gasteiger partial charge is 0.323 e. The zero-order chi connectivity index (χ0) is 11.6. The number of hydrogen-bond donors (Lipinski definition) is 1. The fourth-order valence-corrected chi connectivity index (χ4v) is 1.51. The van der Waals surface area contributed by atoms with E-state index in [0.29, 0.717) is 6.42 Å². The van der Waals surface area contributed by atoms with E-state index >= 15 is 0 Å². The van der Waals surface area contributed by atoms with Crippen LogP contribution in [0.5, 0.6) is 0 Å². The van der Waals surface area contributed by atoms with Crippen molar-refractivity contribution >= 4 is 11.9 Å². The van der Waals surface area contributed by atoms with E-state index in [1.54, 1.807) is 0 Å². The van der Waals surface area contributed by atoms with Crippen molar-refractivity contribution in [2.24, 2.45) is 5.41 Å². The quantitative estimate of drug-likeness (QED) is 0.769. The van der Waals surface area contributed by atoms with Crippen molar-refractivity contribution in [3.63, 3.8) is 0 Å². The molecule has 1 fully saturated rings. The maximum atomic E-state index is 11.8. The SMILES string of the molecule is CC(C)(C)CC(=O)N(CC(=O)O)C1CC1. The summed E-state index contributed by atoms with van der Waals surface area (Å²) in [5.41, 5.74) is -0.0806. The highest BCUT2D eigenvalue weighted by Gasteiger charge is 2.34. The number of nitrogens with zero attached hydrogens (tertiary/aromatic N) is 1. The summed E-state index contributed by atoms with van der Waals surface area (Å²) in [6.07, 6.45) is 2.31. The van der Waals surface area contributed by atoms with Gasteiger partial charge in [0.2, 0.25) is 5.91 Å². The molecule has 0 aromatic rings. The molecule has 0 heterocycles. The van der Waals surface area contributed by atoms with Gasteiger partial charge in [-0.25, -0.2) is 0 Å². The summed E-state index contributed by atoms with van der Waals surface area (Å²) >= 11 is 0. The highest BCUT2D eigenvalue weighted by atomic mass is 16.4. The van der Waals surface area contributed by atoms with E-state index < -0.39 is 5.97 Å². The molecule has 1 N–H and O–H groups in total. The Morgan fingerprint density at radius 1 is 1.33 bits per heavy atom. The molecule has 0 aromatic heterocycles. The lowest BCUT2D eigenvalue weighted by Crippen LogP contribution is -2.39. The van der Waals surface area contributed by atoms with E-state index in [4.69, 9.17) is 5.11 Å². The minimum absolute atomic E-state index is 0.0348. The standard InChI is InChI=1S/C11H19NO3/c1-11(2,3)6-9(13)12(7-10(14)15)8-4-5-8/h8H,4-7H2,1-3H3,(H,14,15). The highest BCUT2D eigenvalue weighted by Crippen LogP contribution is 2.29. The third-order valence-corrected chi connectivity index (χ3v) is 2.30. The van der Waals surface area contributed by atoms with Crippen molar-refractivity contribution in [2.45, 2.75) is 46.1 Å². The van der Waals surface area contributed by atoms with Crippen molar-refractivity contribution < 1.29 is 14.7 Å². The molecule has 15 heavy (non-hydrogen) atoms. The van der Waals surface area contributed by atoms with Crippen LogP contribution < -0.4 is 0 Å². The maximum absolute atomic E-state index is 11.8. The number of carboxylic acid groups (broad SMARTS) is 1. The molecule has 1 rings (SSSR count). The van der Waals surface area contributed by atoms with E-state index in [2.05, 4.69) is 0 Å². The maximum Gasteiger partial charge on any atom is 0.323 e. The number of carbonyl (C=O) groups is 2. The van der Waals surface area contributed by atoms with Crippen LogP contribution in [0.4, 0.5) is 0 Å². The number of hydrogen-bond acceptors (Lipinski definition) is 2. The Labute approximate surface area is 90.3 Å². The molecule has 0 radical (unpaired) electrons. The minimum atomic E-state index is -0.927. The zero-order valence-corrected chi connectivity index (χ0v) is 9.62. The van der Waals surface area contributed by atoms with Gasteiger partial charge < -0.3 is 10.0 Å². The Morgan fingerprint density at radius 2 is 1.87 bits per heavy atom. The van der Waals surface area contributed by atoms with Crippen molar-refractivity contribution in [3.05, 3.63) is 0 Å². The molecule has 4 nitrogen and oxygen atoms in total. The first-order chi connectivity index (χ1) is 6.79. The van der Waals surface area contributed by atoms with E-state index in [-0.39, 0.29) is 23.9 Å². The third-order valence-electron chi connectivity index (χ3n) is 2.30. The number of amides is 1. The zero-order valence-electron chi connectivity index (χ0n) is 9.62. The molecular formula is C11H19NO3. The van der Waals surface area contributed by atoms with Gasteiger partial charge in [0.15, 0.2) is 0 Å². The molecule has 0 spiro atoms. The van der Waals surface area contributed by atoms with Gasteiger partial charge in [0.05, 0.1) is 0 Å². The van der Waals surface area contributed by atoms with Crippen molar-refractivity contribution in [1.29, 1.82) is 0 Å². The predicted octanol–water partition coefficient (Wildman–Crippen LogP) is 1.50. The fourth-order valence-electron chi connectivity index (χ4n) is 1.51. The lowest BCUT2D eigenvalue weighted by atomic mass is 9.91. The van der Waals surface area contributed by atoms with Crippen LogP contribution in [0.3, 0.4) is 0 Å². The van der Waals surface area contributed by atoms with Crippen molar-refractivity contribution in [1.82, 2.24) is 4.90 Å². The second-order valence-corrected chi connectivity index (χ2v) is 5.38. The van der Waals surface area contributed by atoms with Crippen molar-refractivity contribution in [3.8, 4) is 0 Å². The third kappa shape index (κ3) is 4.32. The van der Waals surface area contributed by atoms with Gasteiger partial charge in [0.1, 0.15) is 6.54 Å². The summed E-state index contributed by atoms with van der Waals surface area (Å²) in [5, 5.41) is 8.71. The lowest BCUT2D eigenvalue weighted by Gasteiger charge is -2.25. The van der Waals surface area contributed by atoms with Crippen LogP contribution in [0.25, 0.3) is 0 Å². The average Bonchev–Trinajstić information content (AvgIpc) is 2.78. The van der Waals surface area contributed by atoms with Crippen LogP contribution in [0.1, 0.15) is 40.0 Å². The first kappa shape index (κ1) is 12.0. The molecule has 0 saturated heterocycles. The highest BCUT2D eigenvalue weighted by molar-refractivity contribution is 5.82. The molecule has 4 heteroatoms. The second kappa shape index (κ2) is 4.21. The summed E-state index contributed by atoms with van der Waals surface area (Å²) in [4.78, 5) is 24.0. The van der Waals surface area contributed by atoms with Crippen LogP contribution >= 0.6 is 0 Å². The van der Waals surface area contributed by atoms with Gasteiger partial charge in [0.25, 0.3) is 0 Å². The Balaban J connectivity index is 2.55. The normalized spacial score (nSPS) is 16.2. The van der Waals surface area contributed by atoms with Crippen LogP contribution in [0.15, 0.2) is 0 Å². The molecule has 86 valence electrons. The molecular weight excluding hydrogens is 194 g/mol.